The molecule has 0 saturated heterocycles. The van der Waals surface area contributed by atoms with Crippen molar-refractivity contribution in [1.82, 2.24) is 9.99 Å². The Labute approximate surface area is 108 Å². The Morgan fingerprint density at radius 2 is 2.22 bits per heavy atom. The van der Waals surface area contributed by atoms with Crippen LogP contribution < -0.4 is 16.7 Å². The van der Waals surface area contributed by atoms with Crippen LogP contribution in [0.4, 0.5) is 0 Å². The van der Waals surface area contributed by atoms with Crippen LogP contribution in [0.1, 0.15) is 5.56 Å². The number of carbonyl (C=O) groups is 1. The van der Waals surface area contributed by atoms with Crippen LogP contribution in [-0.4, -0.2) is 10.5 Å². The molecule has 0 aliphatic heterocycles. The van der Waals surface area contributed by atoms with Crippen LogP contribution in [0.3, 0.4) is 0 Å². The third-order valence-electron chi connectivity index (χ3n) is 2.73. The predicted molar refractivity (Wildman–Crippen MR) is 70.3 cm³/mol. The number of nitrogens with two attached hydrogens (primary N) is 1. The van der Waals surface area contributed by atoms with E-state index in [1.54, 1.807) is 22.9 Å². The fourth-order valence-electron chi connectivity index (χ4n) is 1.77. The highest BCUT2D eigenvalue weighted by Gasteiger charge is 2.08. The van der Waals surface area contributed by atoms with Gasteiger partial charge in [-0.05, 0) is 24.6 Å². The molecule has 94 valence electrons. The molecule has 3 N–H and O–H groups in total. The van der Waals surface area contributed by atoms with Crippen molar-refractivity contribution in [3.8, 4) is 0 Å². The summed E-state index contributed by atoms with van der Waals surface area (Å²) >= 11 is 6.04. The lowest BCUT2D eigenvalue weighted by molar-refractivity contribution is -0.121. The first-order chi connectivity index (χ1) is 8.52. The summed E-state index contributed by atoms with van der Waals surface area (Å²) in [5, 5.41) is 1.08. The number of amides is 1. The Morgan fingerprint density at radius 3 is 2.89 bits per heavy atom. The average molecular weight is 266 g/mol. The number of carbonyl (C=O) groups excluding carboxylic acids is 1. The van der Waals surface area contributed by atoms with E-state index in [2.05, 4.69) is 0 Å². The van der Waals surface area contributed by atoms with Gasteiger partial charge in [-0.2, -0.15) is 0 Å². The second-order valence-corrected chi connectivity index (χ2v) is 4.40. The largest absolute Gasteiger partial charge is 0.338 e. The molecule has 0 aliphatic carbocycles. The summed E-state index contributed by atoms with van der Waals surface area (Å²) in [5.74, 6) is 4.70. The second-order valence-electron chi connectivity index (χ2n) is 3.99. The highest BCUT2D eigenvalue weighted by atomic mass is 35.5. The molecule has 0 saturated carbocycles. The van der Waals surface area contributed by atoms with Crippen molar-refractivity contribution in [2.24, 2.45) is 5.84 Å². The average Bonchev–Trinajstić information content (AvgIpc) is 2.35. The Hall–Kier alpha value is -1.85. The molecule has 0 bridgehead atoms. The van der Waals surface area contributed by atoms with E-state index < -0.39 is 0 Å². The summed E-state index contributed by atoms with van der Waals surface area (Å²) in [6, 6.07) is 4.81. The van der Waals surface area contributed by atoms with Crippen molar-refractivity contribution in [3.05, 3.63) is 45.2 Å². The number of aryl methyl sites for hydroxylation is 1. The topological polar surface area (TPSA) is 77.1 Å². The minimum atomic E-state index is -0.350. The molecular weight excluding hydrogens is 254 g/mol. The molecule has 0 aliphatic rings. The Bertz CT molecular complexity index is 679. The number of hydrogen-bond donors (Lipinski definition) is 2. The van der Waals surface area contributed by atoms with Crippen LogP contribution in [-0.2, 0) is 11.3 Å². The van der Waals surface area contributed by atoms with Gasteiger partial charge in [-0.1, -0.05) is 11.6 Å². The van der Waals surface area contributed by atoms with E-state index in [4.69, 9.17) is 17.4 Å². The minimum Gasteiger partial charge on any atom is -0.338 e. The molecule has 0 radical (unpaired) electrons. The number of halogens is 1. The number of hydrogen-bond acceptors (Lipinski definition) is 3. The van der Waals surface area contributed by atoms with Crippen LogP contribution in [0.25, 0.3) is 10.9 Å². The summed E-state index contributed by atoms with van der Waals surface area (Å²) in [4.78, 5) is 23.1. The van der Waals surface area contributed by atoms with E-state index in [0.29, 0.717) is 15.9 Å². The van der Waals surface area contributed by atoms with Gasteiger partial charge in [-0.15, -0.1) is 0 Å². The van der Waals surface area contributed by atoms with Crippen LogP contribution in [0.2, 0.25) is 5.02 Å². The molecule has 0 unspecified atom stereocenters. The van der Waals surface area contributed by atoms with Gasteiger partial charge in [0, 0.05) is 22.7 Å². The maximum atomic E-state index is 11.8. The van der Waals surface area contributed by atoms with Crippen molar-refractivity contribution in [2.45, 2.75) is 13.5 Å². The zero-order valence-electron chi connectivity index (χ0n) is 9.74. The Kier molecular flexibility index (Phi) is 3.36. The standard InChI is InChI=1S/C12H12ClN3O2/c1-7-4-8-10(5-9(7)13)16(3-2-11(8)17)6-12(18)15-14/h2-5H,6,14H2,1H3,(H,15,18). The lowest BCUT2D eigenvalue weighted by Gasteiger charge is -2.11. The van der Waals surface area contributed by atoms with Gasteiger partial charge < -0.3 is 4.57 Å². The highest BCUT2D eigenvalue weighted by Crippen LogP contribution is 2.21. The maximum Gasteiger partial charge on any atom is 0.253 e. The lowest BCUT2D eigenvalue weighted by Crippen LogP contribution is -2.33. The molecule has 1 heterocycles. The number of benzene rings is 1. The molecule has 1 aromatic heterocycles. The number of fused-ring (bicyclic) bond motifs is 1. The van der Waals surface area contributed by atoms with Crippen molar-refractivity contribution in [2.75, 3.05) is 0 Å². The first-order valence-corrected chi connectivity index (χ1v) is 5.69. The molecule has 0 atom stereocenters. The fourth-order valence-corrected chi connectivity index (χ4v) is 1.93. The minimum absolute atomic E-state index is 0.0344. The van der Waals surface area contributed by atoms with Gasteiger partial charge in [-0.25, -0.2) is 5.84 Å². The number of nitrogens with zero attached hydrogens (tertiary/aromatic N) is 1. The van der Waals surface area contributed by atoms with E-state index in [1.807, 2.05) is 12.3 Å². The second kappa shape index (κ2) is 4.80. The van der Waals surface area contributed by atoms with E-state index in [0.717, 1.165) is 5.56 Å². The predicted octanol–water partition coefficient (Wildman–Crippen LogP) is 0.953. The summed E-state index contributed by atoms with van der Waals surface area (Å²) in [7, 11) is 0. The van der Waals surface area contributed by atoms with Crippen molar-refractivity contribution >= 4 is 28.4 Å². The normalized spacial score (nSPS) is 10.6. The van der Waals surface area contributed by atoms with Crippen LogP contribution >= 0.6 is 11.6 Å². The van der Waals surface area contributed by atoms with Crippen molar-refractivity contribution in [1.29, 1.82) is 0 Å². The number of nitrogens with one attached hydrogen (secondary N) is 1. The van der Waals surface area contributed by atoms with Gasteiger partial charge in [0.1, 0.15) is 6.54 Å². The van der Waals surface area contributed by atoms with E-state index in [9.17, 15) is 9.59 Å². The van der Waals surface area contributed by atoms with Crippen LogP contribution in [0.15, 0.2) is 29.2 Å². The molecule has 0 spiro atoms. The molecule has 6 heteroatoms. The zero-order chi connectivity index (χ0) is 13.3. The molecule has 5 nitrogen and oxygen atoms in total. The molecule has 1 amide bonds. The van der Waals surface area contributed by atoms with Crippen molar-refractivity contribution < 1.29 is 4.79 Å². The number of rotatable bonds is 2. The summed E-state index contributed by atoms with van der Waals surface area (Å²) in [6.07, 6.45) is 1.55. The molecule has 1 aromatic carbocycles. The Balaban J connectivity index is 2.69. The third-order valence-corrected chi connectivity index (χ3v) is 3.14. The van der Waals surface area contributed by atoms with E-state index >= 15 is 0 Å². The van der Waals surface area contributed by atoms with Gasteiger partial charge in [0.2, 0.25) is 0 Å². The quantitative estimate of drug-likeness (QED) is 0.482. The van der Waals surface area contributed by atoms with E-state index in [-0.39, 0.29) is 17.9 Å². The Morgan fingerprint density at radius 1 is 1.50 bits per heavy atom. The summed E-state index contributed by atoms with van der Waals surface area (Å²) in [6.45, 7) is 1.86. The molecule has 2 aromatic rings. The zero-order valence-corrected chi connectivity index (χ0v) is 10.5. The first kappa shape index (κ1) is 12.6. The van der Waals surface area contributed by atoms with Crippen LogP contribution in [0, 0.1) is 6.92 Å². The molecule has 18 heavy (non-hydrogen) atoms. The fraction of sp³-hybridized carbons (Fsp3) is 0.167. The first-order valence-electron chi connectivity index (χ1n) is 5.31. The SMILES string of the molecule is Cc1cc2c(=O)ccn(CC(=O)NN)c2cc1Cl. The van der Waals surface area contributed by atoms with Gasteiger partial charge in [0.25, 0.3) is 5.91 Å². The van der Waals surface area contributed by atoms with Gasteiger partial charge >= 0.3 is 0 Å². The van der Waals surface area contributed by atoms with Gasteiger partial charge in [-0.3, -0.25) is 15.0 Å². The molecule has 2 rings (SSSR count). The van der Waals surface area contributed by atoms with Crippen molar-refractivity contribution in [3.63, 3.8) is 0 Å². The van der Waals surface area contributed by atoms with Crippen LogP contribution in [0.5, 0.6) is 0 Å². The number of hydrazine groups is 1. The highest BCUT2D eigenvalue weighted by molar-refractivity contribution is 6.32. The number of aromatic nitrogens is 1. The smallest absolute Gasteiger partial charge is 0.253 e. The monoisotopic (exact) mass is 265 g/mol. The summed E-state index contributed by atoms with van der Waals surface area (Å²) in [5.41, 5.74) is 3.38. The molecular formula is C12H12ClN3O2. The van der Waals surface area contributed by atoms with Gasteiger partial charge in [0.05, 0.1) is 5.52 Å². The summed E-state index contributed by atoms with van der Waals surface area (Å²) < 4.78 is 1.63. The van der Waals surface area contributed by atoms with E-state index in [1.165, 1.54) is 6.07 Å². The maximum absolute atomic E-state index is 11.8. The number of pyridine rings is 1. The van der Waals surface area contributed by atoms with Gasteiger partial charge in [0.15, 0.2) is 5.43 Å². The molecule has 0 fully saturated rings. The third kappa shape index (κ3) is 2.23. The lowest BCUT2D eigenvalue weighted by atomic mass is 10.1.